The van der Waals surface area contributed by atoms with Crippen molar-refractivity contribution in [1.82, 2.24) is 4.72 Å². The van der Waals surface area contributed by atoms with Crippen molar-refractivity contribution in [2.24, 2.45) is 5.92 Å². The Bertz CT molecular complexity index is 814. The van der Waals surface area contributed by atoms with Gasteiger partial charge in [-0.3, -0.25) is 4.79 Å². The second-order valence-electron chi connectivity index (χ2n) is 5.73. The Balaban J connectivity index is 3.37. The Morgan fingerprint density at radius 3 is 2.25 bits per heavy atom. The van der Waals surface area contributed by atoms with E-state index in [1.165, 1.54) is 19.2 Å². The Hall–Kier alpha value is -1.65. The molecule has 0 bridgehead atoms. The van der Waals surface area contributed by atoms with Gasteiger partial charge in [0.15, 0.2) is 9.84 Å². The molecule has 0 radical (unpaired) electrons. The topological polar surface area (TPSA) is 127 Å². The lowest BCUT2D eigenvalue weighted by molar-refractivity contribution is -0.139. The van der Waals surface area contributed by atoms with Gasteiger partial charge in [0.05, 0.1) is 12.0 Å². The number of carboxylic acid groups (broad SMARTS) is 1. The molecular formula is C14H21NO7S2. The minimum atomic E-state index is -4.30. The number of hydrogen-bond donors (Lipinski definition) is 2. The maximum Gasteiger partial charge on any atom is 0.321 e. The largest absolute Gasteiger partial charge is 0.495 e. The fourth-order valence-electron chi connectivity index (χ4n) is 2.02. The predicted octanol–water partition coefficient (Wildman–Crippen LogP) is 0.876. The van der Waals surface area contributed by atoms with E-state index in [9.17, 15) is 26.7 Å². The maximum atomic E-state index is 12.5. The Kier molecular flexibility index (Phi) is 6.37. The lowest BCUT2D eigenvalue weighted by Crippen LogP contribution is -2.41. The van der Waals surface area contributed by atoms with Gasteiger partial charge in [-0.2, -0.15) is 4.72 Å². The van der Waals surface area contributed by atoms with Crippen LogP contribution >= 0.6 is 0 Å². The average Bonchev–Trinajstić information content (AvgIpc) is 2.44. The van der Waals surface area contributed by atoms with Crippen molar-refractivity contribution in [3.63, 3.8) is 0 Å². The number of rotatable bonds is 8. The van der Waals surface area contributed by atoms with Crippen molar-refractivity contribution in [1.29, 1.82) is 0 Å². The predicted molar refractivity (Wildman–Crippen MR) is 87.3 cm³/mol. The number of nitrogens with one attached hydrogen (secondary N) is 1. The summed E-state index contributed by atoms with van der Waals surface area (Å²) in [7, 11) is -6.70. The fourth-order valence-corrected chi connectivity index (χ4v) is 4.14. The highest BCUT2D eigenvalue weighted by molar-refractivity contribution is 7.91. The van der Waals surface area contributed by atoms with E-state index in [2.05, 4.69) is 4.72 Å². The zero-order chi connectivity index (χ0) is 18.7. The third kappa shape index (κ3) is 5.18. The summed E-state index contributed by atoms with van der Waals surface area (Å²) in [4.78, 5) is 10.6. The molecule has 8 nitrogen and oxygen atoms in total. The van der Waals surface area contributed by atoms with Crippen molar-refractivity contribution in [3.05, 3.63) is 18.2 Å². The first-order valence-corrected chi connectivity index (χ1v) is 10.4. The summed E-state index contributed by atoms with van der Waals surface area (Å²) in [5.41, 5.74) is 0. The average molecular weight is 379 g/mol. The number of sulfonamides is 1. The van der Waals surface area contributed by atoms with Gasteiger partial charge < -0.3 is 9.84 Å². The van der Waals surface area contributed by atoms with Crippen LogP contribution in [0, 0.1) is 5.92 Å². The molecule has 24 heavy (non-hydrogen) atoms. The molecule has 136 valence electrons. The zero-order valence-corrected chi connectivity index (χ0v) is 15.4. The van der Waals surface area contributed by atoms with Crippen LogP contribution in [0.2, 0.25) is 0 Å². The van der Waals surface area contributed by atoms with Crippen molar-refractivity contribution in [2.75, 3.05) is 13.4 Å². The van der Waals surface area contributed by atoms with Crippen LogP contribution in [-0.4, -0.2) is 47.3 Å². The third-order valence-electron chi connectivity index (χ3n) is 3.16. The lowest BCUT2D eigenvalue weighted by Gasteiger charge is -2.18. The normalized spacial score (nSPS) is 13.7. The van der Waals surface area contributed by atoms with Crippen LogP contribution in [0.4, 0.5) is 0 Å². The summed E-state index contributed by atoms with van der Waals surface area (Å²) >= 11 is 0. The summed E-state index contributed by atoms with van der Waals surface area (Å²) in [6.07, 6.45) is 1.03. The number of aliphatic carboxylic acids is 1. The number of ether oxygens (including phenoxy) is 1. The second-order valence-corrected chi connectivity index (χ2v) is 9.42. The molecule has 0 aliphatic carbocycles. The van der Waals surface area contributed by atoms with E-state index in [0.717, 1.165) is 12.3 Å². The molecule has 1 aromatic carbocycles. The highest BCUT2D eigenvalue weighted by Gasteiger charge is 2.29. The van der Waals surface area contributed by atoms with Gasteiger partial charge in [-0.15, -0.1) is 0 Å². The van der Waals surface area contributed by atoms with Gasteiger partial charge in [-0.1, -0.05) is 13.8 Å². The molecule has 0 aliphatic heterocycles. The van der Waals surface area contributed by atoms with E-state index >= 15 is 0 Å². The summed E-state index contributed by atoms with van der Waals surface area (Å²) in [5, 5.41) is 9.19. The van der Waals surface area contributed by atoms with E-state index in [-0.39, 0.29) is 23.0 Å². The van der Waals surface area contributed by atoms with E-state index in [0.29, 0.717) is 0 Å². The fraction of sp³-hybridized carbons (Fsp3) is 0.500. The Labute approximate surface area is 141 Å². The molecule has 10 heteroatoms. The summed E-state index contributed by atoms with van der Waals surface area (Å²) < 4.78 is 55.4. The van der Waals surface area contributed by atoms with Crippen molar-refractivity contribution >= 4 is 25.8 Å². The molecule has 0 heterocycles. The zero-order valence-electron chi connectivity index (χ0n) is 13.8. The smallest absolute Gasteiger partial charge is 0.321 e. The van der Waals surface area contributed by atoms with E-state index in [1.807, 2.05) is 0 Å². The molecule has 0 aliphatic rings. The molecule has 0 saturated heterocycles. The van der Waals surface area contributed by atoms with Gasteiger partial charge in [0.25, 0.3) is 0 Å². The molecule has 0 amide bonds. The van der Waals surface area contributed by atoms with Crippen LogP contribution in [-0.2, 0) is 24.7 Å². The minimum absolute atomic E-state index is 0.0574. The molecule has 1 aromatic rings. The van der Waals surface area contributed by atoms with Gasteiger partial charge >= 0.3 is 5.97 Å². The minimum Gasteiger partial charge on any atom is -0.495 e. The van der Waals surface area contributed by atoms with Gasteiger partial charge in [-0.05, 0) is 30.5 Å². The van der Waals surface area contributed by atoms with E-state index < -0.39 is 36.8 Å². The third-order valence-corrected chi connectivity index (χ3v) is 5.76. The number of benzene rings is 1. The van der Waals surface area contributed by atoms with Crippen molar-refractivity contribution in [3.8, 4) is 5.75 Å². The number of carbonyl (C=O) groups is 1. The molecular weight excluding hydrogens is 358 g/mol. The van der Waals surface area contributed by atoms with Crippen molar-refractivity contribution < 1.29 is 31.5 Å². The van der Waals surface area contributed by atoms with Gasteiger partial charge in [0.2, 0.25) is 10.0 Å². The second kappa shape index (κ2) is 7.49. The van der Waals surface area contributed by atoms with Crippen LogP contribution in [0.5, 0.6) is 5.75 Å². The number of carboxylic acids is 1. The number of hydrogen-bond acceptors (Lipinski definition) is 6. The molecule has 2 N–H and O–H groups in total. The molecule has 1 unspecified atom stereocenters. The van der Waals surface area contributed by atoms with Crippen molar-refractivity contribution in [2.45, 2.75) is 36.1 Å². The number of methoxy groups -OCH3 is 1. The van der Waals surface area contributed by atoms with Crippen LogP contribution in [0.25, 0.3) is 0 Å². The molecule has 0 aromatic heterocycles. The van der Waals surface area contributed by atoms with Crippen LogP contribution in [0.1, 0.15) is 20.3 Å². The number of sulfone groups is 1. The SMILES string of the molecule is COc1ccc(S(C)(=O)=O)cc1S(=O)(=O)NC(CC(C)C)C(=O)O. The Morgan fingerprint density at radius 1 is 1.25 bits per heavy atom. The molecule has 1 atom stereocenters. The van der Waals surface area contributed by atoms with Crippen LogP contribution < -0.4 is 9.46 Å². The monoisotopic (exact) mass is 379 g/mol. The molecule has 0 saturated carbocycles. The van der Waals surface area contributed by atoms with E-state index in [1.54, 1.807) is 13.8 Å². The lowest BCUT2D eigenvalue weighted by atomic mass is 10.1. The van der Waals surface area contributed by atoms with Crippen LogP contribution in [0.3, 0.4) is 0 Å². The first-order chi connectivity index (χ1) is 10.9. The van der Waals surface area contributed by atoms with Gasteiger partial charge in [-0.25, -0.2) is 16.8 Å². The first-order valence-electron chi connectivity index (χ1n) is 7.01. The summed E-state index contributed by atoms with van der Waals surface area (Å²) in [5.74, 6) is -1.45. The highest BCUT2D eigenvalue weighted by Crippen LogP contribution is 2.27. The first kappa shape index (κ1) is 20.4. The summed E-state index contributed by atoms with van der Waals surface area (Å²) in [6, 6.07) is 2.05. The quantitative estimate of drug-likeness (QED) is 0.686. The summed E-state index contributed by atoms with van der Waals surface area (Å²) in [6.45, 7) is 3.52. The van der Waals surface area contributed by atoms with Crippen LogP contribution in [0.15, 0.2) is 28.0 Å². The maximum absolute atomic E-state index is 12.5. The Morgan fingerprint density at radius 2 is 1.83 bits per heavy atom. The van der Waals surface area contributed by atoms with Gasteiger partial charge in [0.1, 0.15) is 16.7 Å². The van der Waals surface area contributed by atoms with Gasteiger partial charge in [0, 0.05) is 6.26 Å². The molecule has 0 spiro atoms. The molecule has 0 fully saturated rings. The highest BCUT2D eigenvalue weighted by atomic mass is 32.2. The van der Waals surface area contributed by atoms with E-state index in [4.69, 9.17) is 4.74 Å². The molecule has 1 rings (SSSR count). The standard InChI is InChI=1S/C14H21NO7S2/c1-9(2)7-11(14(16)17)15-24(20,21)13-8-10(23(4,18)19)5-6-12(13)22-3/h5-6,8-9,11,15H,7H2,1-4H3,(H,16,17).